The number of methoxy groups -OCH3 is 1. The fourth-order valence-electron chi connectivity index (χ4n) is 3.34. The Balaban J connectivity index is 1.63. The summed E-state index contributed by atoms with van der Waals surface area (Å²) < 4.78 is 18.2. The van der Waals surface area contributed by atoms with Crippen LogP contribution in [0.5, 0.6) is 17.2 Å². The average molecular weight is 493 g/mol. The summed E-state index contributed by atoms with van der Waals surface area (Å²) in [6, 6.07) is 21.2. The Morgan fingerprint density at radius 2 is 1.62 bits per heavy atom. The lowest BCUT2D eigenvalue weighted by atomic mass is 10.1. The fraction of sp³-hybridized carbons (Fsp3) is 0.179. The number of halogens is 1. The lowest BCUT2D eigenvalue weighted by molar-refractivity contribution is -0.148. The Bertz CT molecular complexity index is 1330. The lowest BCUT2D eigenvalue weighted by Crippen LogP contribution is -2.22. The van der Waals surface area contributed by atoms with Gasteiger partial charge in [0.1, 0.15) is 17.1 Å². The van der Waals surface area contributed by atoms with Crippen LogP contribution >= 0.6 is 22.9 Å². The van der Waals surface area contributed by atoms with Crippen molar-refractivity contribution in [3.8, 4) is 27.7 Å². The number of esters is 1. The van der Waals surface area contributed by atoms with E-state index in [4.69, 9.17) is 25.8 Å². The normalized spacial score (nSPS) is 11.7. The van der Waals surface area contributed by atoms with Gasteiger partial charge in [0.15, 0.2) is 5.75 Å². The van der Waals surface area contributed by atoms with Crippen molar-refractivity contribution in [1.82, 2.24) is 0 Å². The Labute approximate surface area is 208 Å². The topological polar surface area (TPSA) is 44.8 Å². The molecule has 0 radical (unpaired) electrons. The van der Waals surface area contributed by atoms with Crippen LogP contribution in [-0.4, -0.2) is 18.7 Å². The summed E-state index contributed by atoms with van der Waals surface area (Å²) in [5.74, 6) is 1.90. The molecular formula is C28H25ClO4S. The highest BCUT2D eigenvalue weighted by Gasteiger charge is 2.17. The number of carbonyl (C=O) groups is 1. The first-order valence-electron chi connectivity index (χ1n) is 10.8. The van der Waals surface area contributed by atoms with Gasteiger partial charge in [-0.25, -0.2) is 4.79 Å². The standard InChI is InChI=1S/C28H25ClO4S/c1-28(2,3)33-25(30)16-7-18-5-12-21(13-6-18)32-26-23-15-14-22(31-4)17-24(23)34-27(26)19-8-10-20(29)11-9-19/h5-17H,1-4H3. The van der Waals surface area contributed by atoms with Crippen molar-refractivity contribution in [2.45, 2.75) is 26.4 Å². The number of ether oxygens (including phenoxy) is 3. The molecule has 0 saturated carbocycles. The molecule has 1 aromatic heterocycles. The zero-order valence-electron chi connectivity index (χ0n) is 19.4. The van der Waals surface area contributed by atoms with Crippen molar-refractivity contribution in [2.75, 3.05) is 7.11 Å². The molecule has 4 aromatic rings. The second-order valence-corrected chi connectivity index (χ2v) is 10.2. The van der Waals surface area contributed by atoms with Gasteiger partial charge in [0.2, 0.25) is 0 Å². The molecule has 174 valence electrons. The first kappa shape index (κ1) is 23.9. The van der Waals surface area contributed by atoms with Gasteiger partial charge in [-0.1, -0.05) is 35.9 Å². The van der Waals surface area contributed by atoms with Gasteiger partial charge in [-0.3, -0.25) is 0 Å². The van der Waals surface area contributed by atoms with Crippen LogP contribution in [0.15, 0.2) is 72.8 Å². The van der Waals surface area contributed by atoms with Crippen molar-refractivity contribution in [1.29, 1.82) is 0 Å². The molecule has 1 heterocycles. The molecule has 34 heavy (non-hydrogen) atoms. The predicted octanol–water partition coefficient (Wildman–Crippen LogP) is 8.38. The zero-order valence-corrected chi connectivity index (χ0v) is 21.0. The van der Waals surface area contributed by atoms with Gasteiger partial charge >= 0.3 is 5.97 Å². The Morgan fingerprint density at radius 3 is 2.26 bits per heavy atom. The molecule has 0 aliphatic carbocycles. The van der Waals surface area contributed by atoms with Crippen LogP contribution in [0, 0.1) is 0 Å². The number of hydrogen-bond donors (Lipinski definition) is 0. The van der Waals surface area contributed by atoms with Crippen LogP contribution < -0.4 is 9.47 Å². The Kier molecular flexibility index (Phi) is 6.96. The molecule has 0 fully saturated rings. The molecule has 0 aliphatic rings. The van der Waals surface area contributed by atoms with E-state index in [1.807, 2.05) is 87.5 Å². The number of thiophene rings is 1. The first-order valence-corrected chi connectivity index (χ1v) is 12.0. The number of carbonyl (C=O) groups excluding carboxylic acids is 1. The maximum atomic E-state index is 11.9. The molecule has 3 aromatic carbocycles. The summed E-state index contributed by atoms with van der Waals surface area (Å²) in [5, 5.41) is 1.69. The summed E-state index contributed by atoms with van der Waals surface area (Å²) in [7, 11) is 1.66. The largest absolute Gasteiger partial charge is 0.497 e. The lowest BCUT2D eigenvalue weighted by Gasteiger charge is -2.17. The minimum atomic E-state index is -0.520. The van der Waals surface area contributed by atoms with Gasteiger partial charge in [-0.2, -0.15) is 0 Å². The first-order chi connectivity index (χ1) is 16.2. The third-order valence-electron chi connectivity index (χ3n) is 4.88. The number of hydrogen-bond acceptors (Lipinski definition) is 5. The van der Waals surface area contributed by atoms with Crippen LogP contribution in [0.4, 0.5) is 0 Å². The smallest absolute Gasteiger partial charge is 0.331 e. The molecule has 0 saturated heterocycles. The highest BCUT2D eigenvalue weighted by atomic mass is 35.5. The van der Waals surface area contributed by atoms with Crippen molar-refractivity contribution < 1.29 is 19.0 Å². The molecule has 0 unspecified atom stereocenters. The zero-order chi connectivity index (χ0) is 24.3. The van der Waals surface area contributed by atoms with E-state index in [-0.39, 0.29) is 5.97 Å². The molecule has 0 amide bonds. The second-order valence-electron chi connectivity index (χ2n) is 8.67. The predicted molar refractivity (Wildman–Crippen MR) is 140 cm³/mol. The summed E-state index contributed by atoms with van der Waals surface area (Å²) in [6.45, 7) is 5.52. The van der Waals surface area contributed by atoms with E-state index in [1.54, 1.807) is 24.5 Å². The van der Waals surface area contributed by atoms with Crippen LogP contribution in [0.3, 0.4) is 0 Å². The second kappa shape index (κ2) is 9.92. The van der Waals surface area contributed by atoms with Gasteiger partial charge in [0.25, 0.3) is 0 Å². The van der Waals surface area contributed by atoms with E-state index in [0.717, 1.165) is 37.6 Å². The maximum Gasteiger partial charge on any atom is 0.331 e. The van der Waals surface area contributed by atoms with E-state index < -0.39 is 5.60 Å². The highest BCUT2D eigenvalue weighted by Crippen LogP contribution is 2.47. The number of benzene rings is 3. The van der Waals surface area contributed by atoms with E-state index in [9.17, 15) is 4.79 Å². The fourth-order valence-corrected chi connectivity index (χ4v) is 4.63. The van der Waals surface area contributed by atoms with Crippen LogP contribution in [0.25, 0.3) is 26.6 Å². The van der Waals surface area contributed by atoms with Gasteiger partial charge in [0, 0.05) is 21.2 Å². The Hall–Kier alpha value is -3.28. The molecule has 0 spiro atoms. The van der Waals surface area contributed by atoms with E-state index >= 15 is 0 Å². The van der Waals surface area contributed by atoms with Crippen LogP contribution in [0.1, 0.15) is 26.3 Å². The van der Waals surface area contributed by atoms with Gasteiger partial charge in [0.05, 0.1) is 12.0 Å². The molecule has 0 bridgehead atoms. The van der Waals surface area contributed by atoms with Crippen molar-refractivity contribution in [2.24, 2.45) is 0 Å². The molecule has 4 nitrogen and oxygen atoms in total. The van der Waals surface area contributed by atoms with Crippen LogP contribution in [-0.2, 0) is 9.53 Å². The summed E-state index contributed by atoms with van der Waals surface area (Å²) in [6.07, 6.45) is 3.16. The molecule has 0 N–H and O–H groups in total. The number of fused-ring (bicyclic) bond motifs is 1. The minimum absolute atomic E-state index is 0.374. The highest BCUT2D eigenvalue weighted by molar-refractivity contribution is 7.22. The summed E-state index contributed by atoms with van der Waals surface area (Å²) in [5.41, 5.74) is 1.38. The Morgan fingerprint density at radius 1 is 0.941 bits per heavy atom. The SMILES string of the molecule is COc1ccc2c(Oc3ccc(C=CC(=O)OC(C)(C)C)cc3)c(-c3ccc(Cl)cc3)sc2c1. The van der Waals surface area contributed by atoms with Gasteiger partial charge in [-0.15, -0.1) is 11.3 Å². The third kappa shape index (κ3) is 5.79. The monoisotopic (exact) mass is 492 g/mol. The van der Waals surface area contributed by atoms with Gasteiger partial charge < -0.3 is 14.2 Å². The van der Waals surface area contributed by atoms with E-state index in [2.05, 4.69) is 0 Å². The van der Waals surface area contributed by atoms with Gasteiger partial charge in [-0.05, 0) is 80.4 Å². The van der Waals surface area contributed by atoms with Crippen molar-refractivity contribution in [3.05, 3.63) is 83.4 Å². The molecule has 0 aliphatic heterocycles. The van der Waals surface area contributed by atoms with E-state index in [0.29, 0.717) is 10.8 Å². The molecular weight excluding hydrogens is 468 g/mol. The molecule has 0 atom stereocenters. The minimum Gasteiger partial charge on any atom is -0.497 e. The third-order valence-corrected chi connectivity index (χ3v) is 6.31. The average Bonchev–Trinajstić information content (AvgIpc) is 3.15. The quantitative estimate of drug-likeness (QED) is 0.200. The summed E-state index contributed by atoms with van der Waals surface area (Å²) >= 11 is 7.74. The van der Waals surface area contributed by atoms with E-state index in [1.165, 1.54) is 6.08 Å². The molecule has 4 rings (SSSR count). The van der Waals surface area contributed by atoms with Crippen molar-refractivity contribution in [3.63, 3.8) is 0 Å². The molecule has 6 heteroatoms. The van der Waals surface area contributed by atoms with Crippen LogP contribution in [0.2, 0.25) is 5.02 Å². The van der Waals surface area contributed by atoms with Crippen molar-refractivity contribution >= 4 is 45.1 Å². The maximum absolute atomic E-state index is 11.9. The number of rotatable bonds is 6. The summed E-state index contributed by atoms with van der Waals surface area (Å²) in [4.78, 5) is 12.9.